The molecule has 0 aliphatic heterocycles. The maximum absolute atomic E-state index is 14.5. The van der Waals surface area contributed by atoms with Gasteiger partial charge >= 0.3 is 5.97 Å². The summed E-state index contributed by atoms with van der Waals surface area (Å²) in [5, 5.41) is 1.91. The highest BCUT2D eigenvalue weighted by Crippen LogP contribution is 2.47. The van der Waals surface area contributed by atoms with E-state index in [1.54, 1.807) is 14.0 Å². The predicted octanol–water partition coefficient (Wildman–Crippen LogP) is 5.51. The van der Waals surface area contributed by atoms with Crippen molar-refractivity contribution in [2.75, 3.05) is 20.3 Å². The summed E-state index contributed by atoms with van der Waals surface area (Å²) in [5.74, 6) is -1.82. The third kappa shape index (κ3) is 4.89. The van der Waals surface area contributed by atoms with Crippen molar-refractivity contribution >= 4 is 17.3 Å². The SMILES string of the molecule is CCOC(=O)CCCOc1c(F)cc(-c2sccc2C(OC)C2CC2)cc1F. The Bertz CT molecular complexity index is 793. The fraction of sp³-hybridized carbons (Fsp3) is 0.476. The molecule has 4 nitrogen and oxygen atoms in total. The summed E-state index contributed by atoms with van der Waals surface area (Å²) in [7, 11) is 1.67. The number of methoxy groups -OCH3 is 1. The fourth-order valence-electron chi connectivity index (χ4n) is 3.20. The molecule has 0 spiro atoms. The van der Waals surface area contributed by atoms with Crippen LogP contribution < -0.4 is 4.74 Å². The van der Waals surface area contributed by atoms with Crippen molar-refractivity contribution in [3.8, 4) is 16.2 Å². The van der Waals surface area contributed by atoms with Crippen LogP contribution in [-0.2, 0) is 14.3 Å². The largest absolute Gasteiger partial charge is 0.488 e. The lowest BCUT2D eigenvalue weighted by Crippen LogP contribution is -2.08. The first-order valence-corrected chi connectivity index (χ1v) is 10.3. The molecule has 0 bridgehead atoms. The highest BCUT2D eigenvalue weighted by atomic mass is 32.1. The van der Waals surface area contributed by atoms with E-state index in [4.69, 9.17) is 14.2 Å². The van der Waals surface area contributed by atoms with Gasteiger partial charge in [0, 0.05) is 18.4 Å². The van der Waals surface area contributed by atoms with E-state index in [0.717, 1.165) is 23.3 Å². The molecule has 2 aromatic rings. The highest BCUT2D eigenvalue weighted by Gasteiger charge is 2.34. The minimum absolute atomic E-state index is 0.0314. The number of thiophene rings is 1. The number of ether oxygens (including phenoxy) is 3. The number of benzene rings is 1. The Kier molecular flexibility index (Phi) is 7.02. The quantitative estimate of drug-likeness (QED) is 0.383. The normalized spacial score (nSPS) is 14.7. The lowest BCUT2D eigenvalue weighted by Gasteiger charge is -2.16. The average Bonchev–Trinajstić information content (AvgIpc) is 3.37. The molecule has 3 rings (SSSR count). The third-order valence-corrected chi connectivity index (χ3v) is 5.62. The Hall–Kier alpha value is -1.99. The second-order valence-corrected chi connectivity index (χ2v) is 7.64. The number of rotatable bonds is 10. The van der Waals surface area contributed by atoms with Crippen molar-refractivity contribution in [2.24, 2.45) is 5.92 Å². The third-order valence-electron chi connectivity index (χ3n) is 4.64. The van der Waals surface area contributed by atoms with E-state index in [9.17, 15) is 13.6 Å². The van der Waals surface area contributed by atoms with Crippen LogP contribution in [0.5, 0.6) is 5.75 Å². The van der Waals surface area contributed by atoms with Gasteiger partial charge in [0.05, 0.1) is 19.3 Å². The number of esters is 1. The second kappa shape index (κ2) is 9.47. The molecule has 1 heterocycles. The van der Waals surface area contributed by atoms with Crippen molar-refractivity contribution in [3.05, 3.63) is 40.8 Å². The number of hydrogen-bond donors (Lipinski definition) is 0. The van der Waals surface area contributed by atoms with Crippen molar-refractivity contribution in [3.63, 3.8) is 0 Å². The molecule has 0 N–H and O–H groups in total. The maximum Gasteiger partial charge on any atom is 0.305 e. The van der Waals surface area contributed by atoms with Crippen LogP contribution in [0.3, 0.4) is 0 Å². The molecule has 0 saturated heterocycles. The smallest absolute Gasteiger partial charge is 0.305 e. The number of carbonyl (C=O) groups excluding carboxylic acids is 1. The van der Waals surface area contributed by atoms with Crippen molar-refractivity contribution < 1.29 is 27.8 Å². The predicted molar refractivity (Wildman–Crippen MR) is 104 cm³/mol. The molecule has 1 atom stereocenters. The number of halogens is 2. The van der Waals surface area contributed by atoms with Gasteiger partial charge in [-0.05, 0) is 66.8 Å². The Morgan fingerprint density at radius 2 is 2.00 bits per heavy atom. The Labute approximate surface area is 167 Å². The van der Waals surface area contributed by atoms with Crippen LogP contribution in [0.1, 0.15) is 44.3 Å². The first kappa shape index (κ1) is 20.7. The zero-order chi connectivity index (χ0) is 20.1. The average molecular weight is 410 g/mol. The van der Waals surface area contributed by atoms with Crippen molar-refractivity contribution in [1.29, 1.82) is 0 Å². The molecule has 1 aromatic carbocycles. The summed E-state index contributed by atoms with van der Waals surface area (Å²) < 4.78 is 44.7. The van der Waals surface area contributed by atoms with E-state index in [1.807, 2.05) is 11.4 Å². The van der Waals surface area contributed by atoms with Gasteiger partial charge in [-0.3, -0.25) is 4.79 Å². The lowest BCUT2D eigenvalue weighted by molar-refractivity contribution is -0.143. The molecule has 1 fully saturated rings. The van der Waals surface area contributed by atoms with Crippen LogP contribution in [-0.4, -0.2) is 26.3 Å². The molecular formula is C21H24F2O4S. The minimum atomic E-state index is -0.758. The molecule has 0 amide bonds. The van der Waals surface area contributed by atoms with E-state index >= 15 is 0 Å². The maximum atomic E-state index is 14.5. The highest BCUT2D eigenvalue weighted by molar-refractivity contribution is 7.13. The van der Waals surface area contributed by atoms with E-state index in [1.165, 1.54) is 23.5 Å². The Morgan fingerprint density at radius 1 is 1.29 bits per heavy atom. The molecule has 152 valence electrons. The Morgan fingerprint density at radius 3 is 2.61 bits per heavy atom. The minimum Gasteiger partial charge on any atom is -0.488 e. The van der Waals surface area contributed by atoms with Crippen LogP contribution >= 0.6 is 11.3 Å². The van der Waals surface area contributed by atoms with Gasteiger partial charge in [0.2, 0.25) is 0 Å². The van der Waals surface area contributed by atoms with Crippen LogP contribution in [0.4, 0.5) is 8.78 Å². The molecule has 1 aromatic heterocycles. The first-order chi connectivity index (χ1) is 13.5. The van der Waals surface area contributed by atoms with Crippen LogP contribution in [0, 0.1) is 17.6 Å². The van der Waals surface area contributed by atoms with Gasteiger partial charge in [0.25, 0.3) is 0 Å². The molecule has 1 aliphatic rings. The molecule has 1 saturated carbocycles. The number of carbonyl (C=O) groups is 1. The summed E-state index contributed by atoms with van der Waals surface area (Å²) in [6.45, 7) is 2.06. The van der Waals surface area contributed by atoms with Gasteiger partial charge in [-0.25, -0.2) is 8.78 Å². The van der Waals surface area contributed by atoms with Gasteiger partial charge in [0.1, 0.15) is 0 Å². The zero-order valence-electron chi connectivity index (χ0n) is 16.0. The second-order valence-electron chi connectivity index (χ2n) is 6.72. The molecule has 1 aliphatic carbocycles. The number of hydrogen-bond acceptors (Lipinski definition) is 5. The van der Waals surface area contributed by atoms with E-state index < -0.39 is 17.4 Å². The molecule has 28 heavy (non-hydrogen) atoms. The summed E-state index contributed by atoms with van der Waals surface area (Å²) in [5.41, 5.74) is 1.44. The monoisotopic (exact) mass is 410 g/mol. The summed E-state index contributed by atoms with van der Waals surface area (Å²) in [6.07, 6.45) is 2.63. The molecule has 1 unspecified atom stereocenters. The van der Waals surface area contributed by atoms with E-state index in [0.29, 0.717) is 24.5 Å². The van der Waals surface area contributed by atoms with Gasteiger partial charge in [-0.15, -0.1) is 11.3 Å². The van der Waals surface area contributed by atoms with Crippen LogP contribution in [0.15, 0.2) is 23.6 Å². The topological polar surface area (TPSA) is 44.8 Å². The molecule has 7 heteroatoms. The van der Waals surface area contributed by atoms with Gasteiger partial charge in [-0.1, -0.05) is 0 Å². The van der Waals surface area contributed by atoms with Crippen LogP contribution in [0.25, 0.3) is 10.4 Å². The van der Waals surface area contributed by atoms with E-state index in [2.05, 4.69) is 0 Å². The van der Waals surface area contributed by atoms with Crippen LogP contribution in [0.2, 0.25) is 0 Å². The Balaban J connectivity index is 1.71. The lowest BCUT2D eigenvalue weighted by atomic mass is 10.0. The zero-order valence-corrected chi connectivity index (χ0v) is 16.8. The summed E-state index contributed by atoms with van der Waals surface area (Å²) >= 11 is 1.44. The standard InChI is InChI=1S/C21H24F2O4S/c1-3-26-18(24)5-4-9-27-20-16(22)11-14(12-17(20)23)21-15(8-10-28-21)19(25-2)13-6-7-13/h8,10-13,19H,3-7,9H2,1-2H3. The summed E-state index contributed by atoms with van der Waals surface area (Å²) in [4.78, 5) is 12.1. The van der Waals surface area contributed by atoms with Crippen molar-refractivity contribution in [2.45, 2.75) is 38.7 Å². The molecular weight excluding hydrogens is 386 g/mol. The van der Waals surface area contributed by atoms with Gasteiger partial charge < -0.3 is 14.2 Å². The summed E-state index contributed by atoms with van der Waals surface area (Å²) in [6, 6.07) is 4.54. The van der Waals surface area contributed by atoms with Gasteiger partial charge in [0.15, 0.2) is 17.4 Å². The first-order valence-electron chi connectivity index (χ1n) is 9.43. The van der Waals surface area contributed by atoms with Crippen molar-refractivity contribution in [1.82, 2.24) is 0 Å². The molecule has 0 radical (unpaired) electrons. The van der Waals surface area contributed by atoms with E-state index in [-0.39, 0.29) is 25.1 Å². The fourth-order valence-corrected chi connectivity index (χ4v) is 4.13. The van der Waals surface area contributed by atoms with Gasteiger partial charge in [-0.2, -0.15) is 0 Å².